The predicted octanol–water partition coefficient (Wildman–Crippen LogP) is 4.07. The molecule has 0 atom stereocenters. The van der Waals surface area contributed by atoms with Crippen LogP contribution in [0, 0.1) is 11.8 Å². The Hall–Kier alpha value is -0.350. The molecule has 1 aromatic rings. The molecule has 1 aromatic heterocycles. The van der Waals surface area contributed by atoms with Crippen molar-refractivity contribution in [3.8, 4) is 0 Å². The van der Waals surface area contributed by atoms with Gasteiger partial charge in [0, 0.05) is 11.9 Å². The second kappa shape index (κ2) is 6.01. The van der Waals surface area contributed by atoms with E-state index >= 15 is 0 Å². The van der Waals surface area contributed by atoms with Gasteiger partial charge in [-0.2, -0.15) is 0 Å². The molecule has 1 heterocycles. The molecule has 1 aliphatic rings. The zero-order chi connectivity index (χ0) is 12.3. The molecular formula is C13H18BrNOS. The highest BCUT2D eigenvalue weighted by molar-refractivity contribution is 9.11. The van der Waals surface area contributed by atoms with Gasteiger partial charge in [0.25, 0.3) is 5.91 Å². The van der Waals surface area contributed by atoms with Crippen LogP contribution >= 0.6 is 27.3 Å². The molecule has 94 valence electrons. The van der Waals surface area contributed by atoms with Crippen LogP contribution in [0.1, 0.15) is 43.0 Å². The second-order valence-corrected chi connectivity index (χ2v) is 7.27. The van der Waals surface area contributed by atoms with Crippen molar-refractivity contribution in [2.45, 2.75) is 32.6 Å². The minimum absolute atomic E-state index is 0.0607. The quantitative estimate of drug-likeness (QED) is 0.895. The Labute approximate surface area is 115 Å². The van der Waals surface area contributed by atoms with Crippen LogP contribution in [0.15, 0.2) is 15.2 Å². The number of carbonyl (C=O) groups excluding carboxylic acids is 1. The molecule has 0 bridgehead atoms. The Balaban J connectivity index is 1.76. The van der Waals surface area contributed by atoms with Crippen LogP contribution in [0.25, 0.3) is 0 Å². The van der Waals surface area contributed by atoms with Crippen LogP contribution in [-0.2, 0) is 0 Å². The number of amides is 1. The lowest BCUT2D eigenvalue weighted by Gasteiger charge is -2.26. The third-order valence-electron chi connectivity index (χ3n) is 3.52. The van der Waals surface area contributed by atoms with Crippen LogP contribution in [0.4, 0.5) is 0 Å². The molecule has 2 nitrogen and oxygen atoms in total. The number of rotatable bonds is 3. The van der Waals surface area contributed by atoms with Crippen molar-refractivity contribution in [1.82, 2.24) is 5.32 Å². The van der Waals surface area contributed by atoms with E-state index < -0.39 is 0 Å². The van der Waals surface area contributed by atoms with E-state index in [1.165, 1.54) is 25.7 Å². The van der Waals surface area contributed by atoms with Crippen LogP contribution in [0.3, 0.4) is 0 Å². The normalized spacial score (nSPS) is 24.6. The lowest BCUT2D eigenvalue weighted by molar-refractivity contribution is 0.0942. The minimum atomic E-state index is 0.0607. The maximum absolute atomic E-state index is 11.8. The van der Waals surface area contributed by atoms with E-state index in [-0.39, 0.29) is 5.91 Å². The third kappa shape index (κ3) is 3.81. The van der Waals surface area contributed by atoms with Gasteiger partial charge in [-0.15, -0.1) is 11.3 Å². The summed E-state index contributed by atoms with van der Waals surface area (Å²) >= 11 is 4.92. The molecule has 1 aliphatic carbocycles. The average molecular weight is 316 g/mol. The van der Waals surface area contributed by atoms with Crippen LogP contribution in [-0.4, -0.2) is 12.5 Å². The van der Waals surface area contributed by atoms with E-state index in [0.717, 1.165) is 21.8 Å². The molecule has 0 aliphatic heterocycles. The Morgan fingerprint density at radius 2 is 2.18 bits per heavy atom. The fraction of sp³-hybridized carbons (Fsp3) is 0.615. The molecule has 1 N–H and O–H groups in total. The molecule has 17 heavy (non-hydrogen) atoms. The first-order valence-electron chi connectivity index (χ1n) is 6.17. The standard InChI is InChI=1S/C13H18BrNOS/c1-9-2-4-10(5-3-9)7-15-13(16)11-6-12(14)17-8-11/h6,8-10H,2-5,7H2,1H3,(H,15,16). The molecule has 0 saturated heterocycles. The minimum Gasteiger partial charge on any atom is -0.352 e. The maximum atomic E-state index is 11.8. The maximum Gasteiger partial charge on any atom is 0.252 e. The van der Waals surface area contributed by atoms with E-state index in [1.54, 1.807) is 11.3 Å². The molecule has 0 spiro atoms. The van der Waals surface area contributed by atoms with Crippen molar-refractivity contribution in [1.29, 1.82) is 0 Å². The largest absolute Gasteiger partial charge is 0.352 e. The van der Waals surface area contributed by atoms with E-state index in [1.807, 2.05) is 11.4 Å². The summed E-state index contributed by atoms with van der Waals surface area (Å²) in [6, 6.07) is 1.88. The van der Waals surface area contributed by atoms with Crippen molar-refractivity contribution in [3.05, 3.63) is 20.8 Å². The second-order valence-electron chi connectivity index (χ2n) is 4.98. The smallest absolute Gasteiger partial charge is 0.252 e. The van der Waals surface area contributed by atoms with Gasteiger partial charge in [0.15, 0.2) is 0 Å². The number of carbonyl (C=O) groups is 1. The summed E-state index contributed by atoms with van der Waals surface area (Å²) in [6.45, 7) is 3.15. The van der Waals surface area contributed by atoms with Crippen molar-refractivity contribution in [2.24, 2.45) is 11.8 Å². The van der Waals surface area contributed by atoms with Crippen LogP contribution in [0.2, 0.25) is 0 Å². The Bertz CT molecular complexity index is 383. The first-order valence-corrected chi connectivity index (χ1v) is 7.84. The van der Waals surface area contributed by atoms with Crippen LogP contribution < -0.4 is 5.32 Å². The molecule has 2 rings (SSSR count). The van der Waals surface area contributed by atoms with Gasteiger partial charge < -0.3 is 5.32 Å². The number of halogens is 1. The molecule has 4 heteroatoms. The van der Waals surface area contributed by atoms with E-state index in [2.05, 4.69) is 28.2 Å². The van der Waals surface area contributed by atoms with Gasteiger partial charge in [-0.3, -0.25) is 4.79 Å². The Morgan fingerprint density at radius 3 is 2.76 bits per heavy atom. The first kappa shape index (κ1) is 13.1. The van der Waals surface area contributed by atoms with Gasteiger partial charge in [0.1, 0.15) is 0 Å². The highest BCUT2D eigenvalue weighted by atomic mass is 79.9. The van der Waals surface area contributed by atoms with Crippen molar-refractivity contribution in [3.63, 3.8) is 0 Å². The highest BCUT2D eigenvalue weighted by Crippen LogP contribution is 2.27. The average Bonchev–Trinajstić information content (AvgIpc) is 2.75. The summed E-state index contributed by atoms with van der Waals surface area (Å²) in [5.41, 5.74) is 0.769. The van der Waals surface area contributed by atoms with Crippen LogP contribution in [0.5, 0.6) is 0 Å². The number of thiophene rings is 1. The highest BCUT2D eigenvalue weighted by Gasteiger charge is 2.19. The molecule has 1 saturated carbocycles. The predicted molar refractivity (Wildman–Crippen MR) is 75.5 cm³/mol. The Morgan fingerprint density at radius 1 is 1.47 bits per heavy atom. The first-order chi connectivity index (χ1) is 8.15. The van der Waals surface area contributed by atoms with Gasteiger partial charge >= 0.3 is 0 Å². The molecule has 0 unspecified atom stereocenters. The topological polar surface area (TPSA) is 29.1 Å². The van der Waals surface area contributed by atoms with Gasteiger partial charge in [-0.1, -0.05) is 19.8 Å². The molecule has 0 radical (unpaired) electrons. The fourth-order valence-corrected chi connectivity index (χ4v) is 3.44. The van der Waals surface area contributed by atoms with E-state index in [4.69, 9.17) is 0 Å². The monoisotopic (exact) mass is 315 g/mol. The van der Waals surface area contributed by atoms with E-state index in [9.17, 15) is 4.79 Å². The summed E-state index contributed by atoms with van der Waals surface area (Å²) in [5.74, 6) is 1.61. The molecular weight excluding hydrogens is 298 g/mol. The summed E-state index contributed by atoms with van der Waals surface area (Å²) in [5, 5.41) is 4.93. The summed E-state index contributed by atoms with van der Waals surface area (Å²) in [7, 11) is 0. The Kier molecular flexibility index (Phi) is 4.62. The third-order valence-corrected chi connectivity index (χ3v) is 5.02. The fourth-order valence-electron chi connectivity index (χ4n) is 2.30. The van der Waals surface area contributed by atoms with Gasteiger partial charge in [0.05, 0.1) is 9.35 Å². The number of hydrogen-bond donors (Lipinski definition) is 1. The summed E-state index contributed by atoms with van der Waals surface area (Å²) in [4.78, 5) is 11.8. The number of nitrogens with one attached hydrogen (secondary N) is 1. The molecule has 1 fully saturated rings. The lowest BCUT2D eigenvalue weighted by atomic mass is 9.83. The summed E-state index contributed by atoms with van der Waals surface area (Å²) in [6.07, 6.45) is 5.14. The molecule has 1 amide bonds. The van der Waals surface area contributed by atoms with Crippen molar-refractivity contribution < 1.29 is 4.79 Å². The lowest BCUT2D eigenvalue weighted by Crippen LogP contribution is -2.30. The zero-order valence-corrected chi connectivity index (χ0v) is 12.4. The van der Waals surface area contributed by atoms with Crippen molar-refractivity contribution in [2.75, 3.05) is 6.54 Å². The van der Waals surface area contributed by atoms with Gasteiger partial charge in [0.2, 0.25) is 0 Å². The van der Waals surface area contributed by atoms with Gasteiger partial charge in [-0.05, 0) is 46.7 Å². The van der Waals surface area contributed by atoms with Gasteiger partial charge in [-0.25, -0.2) is 0 Å². The zero-order valence-electron chi connectivity index (χ0n) is 10.0. The number of hydrogen-bond acceptors (Lipinski definition) is 2. The van der Waals surface area contributed by atoms with Crippen molar-refractivity contribution >= 4 is 33.2 Å². The van der Waals surface area contributed by atoms with E-state index in [0.29, 0.717) is 5.92 Å². The SMILES string of the molecule is CC1CCC(CNC(=O)c2csc(Br)c2)CC1. The molecule has 0 aromatic carbocycles. The summed E-state index contributed by atoms with van der Waals surface area (Å²) < 4.78 is 1.01.